The van der Waals surface area contributed by atoms with E-state index in [1.54, 1.807) is 13.3 Å². The van der Waals surface area contributed by atoms with Gasteiger partial charge in [-0.25, -0.2) is 9.98 Å². The molecule has 1 heterocycles. The Morgan fingerprint density at radius 3 is 2.57 bits per heavy atom. The number of aliphatic imine (C=N–C) groups is 1. The minimum absolute atomic E-state index is 0.104. The standard InChI is InChI=1S/C21H30N4O3/c1-6-22-21(24-14-16-8-11-20(23-13-16)28-15(3)4)25-17-9-10-18(27-7-2)19(12-17)26-5/h8-13,15H,6-7,14H2,1-5H3,(H2,22,24,25). The van der Waals surface area contributed by atoms with Crippen LogP contribution in [-0.4, -0.2) is 37.3 Å². The van der Waals surface area contributed by atoms with E-state index in [2.05, 4.69) is 20.6 Å². The number of guanidine groups is 1. The molecule has 2 rings (SSSR count). The van der Waals surface area contributed by atoms with E-state index in [0.29, 0.717) is 36.5 Å². The number of methoxy groups -OCH3 is 1. The van der Waals surface area contributed by atoms with Crippen LogP contribution in [-0.2, 0) is 6.54 Å². The third-order valence-electron chi connectivity index (χ3n) is 3.64. The third-order valence-corrected chi connectivity index (χ3v) is 3.64. The minimum atomic E-state index is 0.104. The van der Waals surface area contributed by atoms with E-state index >= 15 is 0 Å². The zero-order chi connectivity index (χ0) is 20.4. The summed E-state index contributed by atoms with van der Waals surface area (Å²) < 4.78 is 16.5. The Hall–Kier alpha value is -2.96. The van der Waals surface area contributed by atoms with Crippen molar-refractivity contribution in [1.82, 2.24) is 10.3 Å². The van der Waals surface area contributed by atoms with Crippen LogP contribution in [0.4, 0.5) is 5.69 Å². The van der Waals surface area contributed by atoms with Crippen LogP contribution in [0.15, 0.2) is 41.5 Å². The maximum absolute atomic E-state index is 5.57. The fourth-order valence-corrected chi connectivity index (χ4v) is 2.45. The van der Waals surface area contributed by atoms with Crippen molar-refractivity contribution in [2.24, 2.45) is 4.99 Å². The predicted molar refractivity (Wildman–Crippen MR) is 113 cm³/mol. The molecular weight excluding hydrogens is 356 g/mol. The number of hydrogen-bond donors (Lipinski definition) is 2. The lowest BCUT2D eigenvalue weighted by molar-refractivity contribution is 0.232. The van der Waals surface area contributed by atoms with Crippen molar-refractivity contribution in [3.05, 3.63) is 42.1 Å². The summed E-state index contributed by atoms with van der Waals surface area (Å²) in [4.78, 5) is 8.94. The maximum atomic E-state index is 5.57. The van der Waals surface area contributed by atoms with Gasteiger partial charge in [0.25, 0.3) is 0 Å². The molecule has 0 amide bonds. The molecule has 0 saturated carbocycles. The highest BCUT2D eigenvalue weighted by molar-refractivity contribution is 5.93. The highest BCUT2D eigenvalue weighted by Crippen LogP contribution is 2.30. The summed E-state index contributed by atoms with van der Waals surface area (Å²) in [6.07, 6.45) is 1.89. The molecule has 1 aromatic heterocycles. The molecule has 2 aromatic rings. The quantitative estimate of drug-likeness (QED) is 0.503. The van der Waals surface area contributed by atoms with Crippen LogP contribution in [0.1, 0.15) is 33.3 Å². The molecule has 0 bridgehead atoms. The van der Waals surface area contributed by atoms with E-state index in [1.807, 2.05) is 58.0 Å². The van der Waals surface area contributed by atoms with Crippen LogP contribution in [0.25, 0.3) is 0 Å². The second-order valence-corrected chi connectivity index (χ2v) is 6.29. The summed E-state index contributed by atoms with van der Waals surface area (Å²) in [6, 6.07) is 9.53. The zero-order valence-electron chi connectivity index (χ0n) is 17.3. The molecule has 0 saturated heterocycles. The topological polar surface area (TPSA) is 77.0 Å². The molecule has 152 valence electrons. The SMILES string of the molecule is CCNC(=NCc1ccc(OC(C)C)nc1)Nc1ccc(OCC)c(OC)c1. The Labute approximate surface area is 167 Å². The first-order chi connectivity index (χ1) is 13.5. The molecule has 0 atom stereocenters. The van der Waals surface area contributed by atoms with Crippen LogP contribution in [0.3, 0.4) is 0 Å². The highest BCUT2D eigenvalue weighted by Gasteiger charge is 2.07. The molecule has 28 heavy (non-hydrogen) atoms. The summed E-state index contributed by atoms with van der Waals surface area (Å²) in [7, 11) is 1.63. The van der Waals surface area contributed by atoms with Crippen molar-refractivity contribution >= 4 is 11.6 Å². The molecule has 0 spiro atoms. The van der Waals surface area contributed by atoms with Gasteiger partial charge in [0, 0.05) is 30.6 Å². The van der Waals surface area contributed by atoms with Crippen molar-refractivity contribution in [2.75, 3.05) is 25.6 Å². The number of ether oxygens (including phenoxy) is 3. The summed E-state index contributed by atoms with van der Waals surface area (Å²) in [5.74, 6) is 2.69. The lowest BCUT2D eigenvalue weighted by atomic mass is 10.2. The second kappa shape index (κ2) is 11.0. The average Bonchev–Trinajstić information content (AvgIpc) is 2.68. The van der Waals surface area contributed by atoms with Gasteiger partial charge in [-0.15, -0.1) is 0 Å². The van der Waals surface area contributed by atoms with Gasteiger partial charge >= 0.3 is 0 Å². The zero-order valence-corrected chi connectivity index (χ0v) is 17.3. The minimum Gasteiger partial charge on any atom is -0.493 e. The van der Waals surface area contributed by atoms with Gasteiger partial charge in [0.2, 0.25) is 5.88 Å². The van der Waals surface area contributed by atoms with E-state index in [1.165, 1.54) is 0 Å². The van der Waals surface area contributed by atoms with Crippen molar-refractivity contribution in [1.29, 1.82) is 0 Å². The van der Waals surface area contributed by atoms with Gasteiger partial charge in [-0.3, -0.25) is 0 Å². The molecule has 0 radical (unpaired) electrons. The van der Waals surface area contributed by atoms with E-state index in [9.17, 15) is 0 Å². The Morgan fingerprint density at radius 1 is 1.14 bits per heavy atom. The fraction of sp³-hybridized carbons (Fsp3) is 0.429. The van der Waals surface area contributed by atoms with Crippen molar-refractivity contribution < 1.29 is 14.2 Å². The van der Waals surface area contributed by atoms with E-state index in [4.69, 9.17) is 14.2 Å². The molecule has 0 aliphatic heterocycles. The molecule has 1 aromatic carbocycles. The van der Waals surface area contributed by atoms with Gasteiger partial charge in [-0.05, 0) is 45.4 Å². The Kier molecular flexibility index (Phi) is 8.39. The van der Waals surface area contributed by atoms with Crippen LogP contribution in [0.5, 0.6) is 17.4 Å². The van der Waals surface area contributed by atoms with Crippen molar-refractivity contribution in [3.63, 3.8) is 0 Å². The van der Waals surface area contributed by atoms with Crippen LogP contribution in [0.2, 0.25) is 0 Å². The third kappa shape index (κ3) is 6.64. The average molecular weight is 386 g/mol. The maximum Gasteiger partial charge on any atom is 0.213 e. The van der Waals surface area contributed by atoms with E-state index in [-0.39, 0.29) is 6.10 Å². The summed E-state index contributed by atoms with van der Waals surface area (Å²) >= 11 is 0. The fourth-order valence-electron chi connectivity index (χ4n) is 2.45. The first-order valence-corrected chi connectivity index (χ1v) is 9.53. The number of pyridine rings is 1. The van der Waals surface area contributed by atoms with Gasteiger partial charge in [0.15, 0.2) is 17.5 Å². The Balaban J connectivity index is 2.07. The van der Waals surface area contributed by atoms with Crippen LogP contribution < -0.4 is 24.8 Å². The molecule has 0 unspecified atom stereocenters. The van der Waals surface area contributed by atoms with Gasteiger partial charge in [0.1, 0.15) is 0 Å². The molecule has 0 fully saturated rings. The number of nitrogens with one attached hydrogen (secondary N) is 2. The van der Waals surface area contributed by atoms with Crippen LogP contribution >= 0.6 is 0 Å². The lowest BCUT2D eigenvalue weighted by Crippen LogP contribution is -2.30. The lowest BCUT2D eigenvalue weighted by Gasteiger charge is -2.14. The molecule has 0 aliphatic carbocycles. The number of benzene rings is 1. The first-order valence-electron chi connectivity index (χ1n) is 9.53. The van der Waals surface area contributed by atoms with Gasteiger partial charge in [0.05, 0.1) is 26.4 Å². The van der Waals surface area contributed by atoms with Crippen molar-refractivity contribution in [2.45, 2.75) is 40.3 Å². The summed E-state index contributed by atoms with van der Waals surface area (Å²) in [5, 5.41) is 6.53. The monoisotopic (exact) mass is 386 g/mol. The summed E-state index contributed by atoms with van der Waals surface area (Å²) in [5.41, 5.74) is 1.86. The number of nitrogens with zero attached hydrogens (tertiary/aromatic N) is 2. The predicted octanol–water partition coefficient (Wildman–Crippen LogP) is 3.85. The van der Waals surface area contributed by atoms with E-state index < -0.39 is 0 Å². The number of aromatic nitrogens is 1. The number of anilines is 1. The van der Waals surface area contributed by atoms with Gasteiger partial charge in [-0.2, -0.15) is 0 Å². The Bertz CT molecular complexity index is 761. The normalized spacial score (nSPS) is 11.3. The smallest absolute Gasteiger partial charge is 0.213 e. The molecular formula is C21H30N4O3. The molecule has 7 heteroatoms. The first kappa shape index (κ1) is 21.3. The van der Waals surface area contributed by atoms with Crippen LogP contribution in [0, 0.1) is 0 Å². The summed E-state index contributed by atoms with van der Waals surface area (Å²) in [6.45, 7) is 9.75. The second-order valence-electron chi connectivity index (χ2n) is 6.29. The van der Waals surface area contributed by atoms with Gasteiger partial charge in [-0.1, -0.05) is 6.07 Å². The van der Waals surface area contributed by atoms with E-state index in [0.717, 1.165) is 17.8 Å². The largest absolute Gasteiger partial charge is 0.493 e. The molecule has 2 N–H and O–H groups in total. The number of rotatable bonds is 9. The highest BCUT2D eigenvalue weighted by atomic mass is 16.5. The number of hydrogen-bond acceptors (Lipinski definition) is 5. The Morgan fingerprint density at radius 2 is 1.96 bits per heavy atom. The molecule has 7 nitrogen and oxygen atoms in total. The van der Waals surface area contributed by atoms with Gasteiger partial charge < -0.3 is 24.8 Å². The molecule has 0 aliphatic rings. The van der Waals surface area contributed by atoms with Crippen molar-refractivity contribution in [3.8, 4) is 17.4 Å².